The summed E-state index contributed by atoms with van der Waals surface area (Å²) < 4.78 is 29.5. The van der Waals surface area contributed by atoms with Crippen LogP contribution < -0.4 is 4.72 Å². The Labute approximate surface area is 167 Å². The van der Waals surface area contributed by atoms with E-state index in [9.17, 15) is 8.42 Å². The molecule has 1 N–H and O–H groups in total. The highest BCUT2D eigenvalue weighted by Gasteiger charge is 2.16. The highest BCUT2D eigenvalue weighted by atomic mass is 32.2. The molecule has 0 atom stereocenters. The monoisotopic (exact) mass is 412 g/mol. The molecule has 0 radical (unpaired) electrons. The maximum atomic E-state index is 12.5. The van der Waals surface area contributed by atoms with Crippen molar-refractivity contribution in [1.82, 2.24) is 19.3 Å². The summed E-state index contributed by atoms with van der Waals surface area (Å²) in [5.74, 6) is 0.671. The van der Waals surface area contributed by atoms with E-state index in [-0.39, 0.29) is 4.90 Å². The van der Waals surface area contributed by atoms with E-state index < -0.39 is 10.0 Å². The van der Waals surface area contributed by atoms with E-state index in [0.29, 0.717) is 18.8 Å². The number of benzene rings is 2. The molecule has 4 aromatic rings. The van der Waals surface area contributed by atoms with Gasteiger partial charge in [-0.25, -0.2) is 17.7 Å². The molecule has 0 saturated carbocycles. The van der Waals surface area contributed by atoms with Gasteiger partial charge in [-0.05, 0) is 37.1 Å². The lowest BCUT2D eigenvalue weighted by molar-refractivity contribution is 0.581. The molecule has 0 unspecified atom stereocenters. The average Bonchev–Trinajstić information content (AvgIpc) is 3.26. The third-order valence-corrected chi connectivity index (χ3v) is 6.97. The Morgan fingerprint density at radius 2 is 1.86 bits per heavy atom. The zero-order valence-electron chi connectivity index (χ0n) is 15.6. The first kappa shape index (κ1) is 18.8. The van der Waals surface area contributed by atoms with Crippen molar-refractivity contribution in [3.05, 3.63) is 70.7 Å². The molecule has 0 bridgehead atoms. The van der Waals surface area contributed by atoms with Crippen molar-refractivity contribution in [1.29, 1.82) is 0 Å². The largest absolute Gasteiger partial charge is 0.240 e. The summed E-state index contributed by atoms with van der Waals surface area (Å²) in [7, 11) is -3.54. The van der Waals surface area contributed by atoms with Gasteiger partial charge in [-0.15, -0.1) is 16.4 Å². The number of nitrogens with one attached hydrogen (secondary N) is 1. The number of thiazole rings is 1. The van der Waals surface area contributed by atoms with E-state index in [1.54, 1.807) is 16.6 Å². The lowest BCUT2D eigenvalue weighted by atomic mass is 10.1. The zero-order chi connectivity index (χ0) is 19.7. The molecule has 0 aliphatic rings. The van der Waals surface area contributed by atoms with Gasteiger partial charge in [0.1, 0.15) is 0 Å². The molecular weight excluding hydrogens is 392 g/mol. The van der Waals surface area contributed by atoms with Crippen LogP contribution in [0.15, 0.2) is 58.8 Å². The minimum absolute atomic E-state index is 0.290. The number of hydrogen-bond donors (Lipinski definition) is 1. The summed E-state index contributed by atoms with van der Waals surface area (Å²) >= 11 is 1.50. The summed E-state index contributed by atoms with van der Waals surface area (Å²) in [6, 6.07) is 15.0. The van der Waals surface area contributed by atoms with Crippen LogP contribution in [-0.4, -0.2) is 29.6 Å². The SMILES string of the molecule is Cc1ccc(S(=O)(=O)NCCc2csc3nc(-c4ccccc4)nn23)cc1C. The molecule has 4 rings (SSSR count). The maximum Gasteiger partial charge on any atom is 0.240 e. The van der Waals surface area contributed by atoms with E-state index in [4.69, 9.17) is 0 Å². The predicted molar refractivity (Wildman–Crippen MR) is 111 cm³/mol. The fourth-order valence-corrected chi connectivity index (χ4v) is 4.86. The molecular formula is C20H20N4O2S2. The van der Waals surface area contributed by atoms with Gasteiger partial charge in [0, 0.05) is 23.9 Å². The van der Waals surface area contributed by atoms with Gasteiger partial charge < -0.3 is 0 Å². The Hall–Kier alpha value is -2.55. The molecule has 28 heavy (non-hydrogen) atoms. The van der Waals surface area contributed by atoms with Crippen LogP contribution in [0, 0.1) is 13.8 Å². The van der Waals surface area contributed by atoms with Gasteiger partial charge in [-0.1, -0.05) is 36.4 Å². The number of aromatic nitrogens is 3. The van der Waals surface area contributed by atoms with E-state index in [0.717, 1.165) is 27.3 Å². The summed E-state index contributed by atoms with van der Waals surface area (Å²) in [6.45, 7) is 4.16. The van der Waals surface area contributed by atoms with Gasteiger partial charge >= 0.3 is 0 Å². The van der Waals surface area contributed by atoms with Crippen LogP contribution in [-0.2, 0) is 16.4 Å². The Bertz CT molecular complexity index is 1230. The van der Waals surface area contributed by atoms with Crippen LogP contribution in [0.1, 0.15) is 16.8 Å². The minimum atomic E-state index is -3.54. The predicted octanol–water partition coefficient (Wildman–Crippen LogP) is 3.60. The van der Waals surface area contributed by atoms with Crippen LogP contribution in [0.4, 0.5) is 0 Å². The number of aryl methyl sites for hydroxylation is 2. The molecule has 0 spiro atoms. The maximum absolute atomic E-state index is 12.5. The van der Waals surface area contributed by atoms with Crippen LogP contribution in [0.25, 0.3) is 16.3 Å². The molecule has 2 aromatic carbocycles. The second-order valence-corrected chi connectivity index (χ2v) is 9.22. The van der Waals surface area contributed by atoms with Crippen LogP contribution in [0.5, 0.6) is 0 Å². The van der Waals surface area contributed by atoms with Gasteiger partial charge in [-0.2, -0.15) is 4.98 Å². The van der Waals surface area contributed by atoms with Crippen molar-refractivity contribution in [2.45, 2.75) is 25.2 Å². The van der Waals surface area contributed by atoms with Crippen molar-refractivity contribution in [2.24, 2.45) is 0 Å². The van der Waals surface area contributed by atoms with E-state index >= 15 is 0 Å². The average molecular weight is 413 g/mol. The summed E-state index contributed by atoms with van der Waals surface area (Å²) in [5, 5.41) is 6.54. The smallest absolute Gasteiger partial charge is 0.211 e. The number of sulfonamides is 1. The second kappa shape index (κ2) is 7.46. The van der Waals surface area contributed by atoms with E-state index in [1.807, 2.05) is 55.6 Å². The van der Waals surface area contributed by atoms with Crippen LogP contribution in [0.2, 0.25) is 0 Å². The number of rotatable bonds is 6. The normalized spacial score (nSPS) is 11.9. The van der Waals surface area contributed by atoms with Crippen LogP contribution in [0.3, 0.4) is 0 Å². The third-order valence-electron chi connectivity index (χ3n) is 4.64. The minimum Gasteiger partial charge on any atom is -0.211 e. The molecule has 2 heterocycles. The van der Waals surface area contributed by atoms with Gasteiger partial charge in [-0.3, -0.25) is 0 Å². The molecule has 2 aromatic heterocycles. The van der Waals surface area contributed by atoms with Crippen molar-refractivity contribution >= 4 is 26.3 Å². The van der Waals surface area contributed by atoms with E-state index in [2.05, 4.69) is 14.8 Å². The highest BCUT2D eigenvalue weighted by molar-refractivity contribution is 7.89. The third kappa shape index (κ3) is 3.71. The van der Waals surface area contributed by atoms with Crippen molar-refractivity contribution in [2.75, 3.05) is 6.54 Å². The van der Waals surface area contributed by atoms with E-state index in [1.165, 1.54) is 11.3 Å². The number of hydrogen-bond acceptors (Lipinski definition) is 5. The van der Waals surface area contributed by atoms with Gasteiger partial charge in [0.2, 0.25) is 15.0 Å². The van der Waals surface area contributed by atoms with Gasteiger partial charge in [0.25, 0.3) is 0 Å². The standard InChI is InChI=1S/C20H20N4O2S2/c1-14-8-9-18(12-15(14)2)28(25,26)21-11-10-17-13-27-20-22-19(23-24(17)20)16-6-4-3-5-7-16/h3-9,12-13,21H,10-11H2,1-2H3. The van der Waals surface area contributed by atoms with Crippen molar-refractivity contribution in [3.8, 4) is 11.4 Å². The first-order chi connectivity index (χ1) is 13.4. The number of nitrogens with zero attached hydrogens (tertiary/aromatic N) is 3. The summed E-state index contributed by atoms with van der Waals surface area (Å²) in [5.41, 5.74) is 3.91. The van der Waals surface area contributed by atoms with Crippen LogP contribution >= 0.6 is 11.3 Å². The Morgan fingerprint density at radius 3 is 2.61 bits per heavy atom. The molecule has 144 valence electrons. The molecule has 0 aliphatic heterocycles. The molecule has 0 aliphatic carbocycles. The Kier molecular flexibility index (Phi) is 5.01. The second-order valence-electron chi connectivity index (χ2n) is 6.62. The fraction of sp³-hybridized carbons (Fsp3) is 0.200. The summed E-state index contributed by atoms with van der Waals surface area (Å²) in [4.78, 5) is 5.64. The molecule has 0 fully saturated rings. The van der Waals surface area contributed by atoms with Crippen molar-refractivity contribution < 1.29 is 8.42 Å². The topological polar surface area (TPSA) is 76.4 Å². The first-order valence-corrected chi connectivity index (χ1v) is 11.3. The fourth-order valence-electron chi connectivity index (χ4n) is 2.88. The van der Waals surface area contributed by atoms with Gasteiger partial charge in [0.05, 0.1) is 10.6 Å². The Morgan fingerprint density at radius 1 is 1.07 bits per heavy atom. The first-order valence-electron chi connectivity index (χ1n) is 8.89. The lowest BCUT2D eigenvalue weighted by Gasteiger charge is -2.08. The Balaban J connectivity index is 1.48. The van der Waals surface area contributed by atoms with Crippen molar-refractivity contribution in [3.63, 3.8) is 0 Å². The summed E-state index contributed by atoms with van der Waals surface area (Å²) in [6.07, 6.45) is 0.529. The lowest BCUT2D eigenvalue weighted by Crippen LogP contribution is -2.26. The van der Waals surface area contributed by atoms with Gasteiger partial charge in [0.15, 0.2) is 5.82 Å². The quantitative estimate of drug-likeness (QED) is 0.525. The molecule has 0 saturated heterocycles. The number of fused-ring (bicyclic) bond motifs is 1. The zero-order valence-corrected chi connectivity index (χ0v) is 17.2. The molecule has 8 heteroatoms. The molecule has 0 amide bonds. The highest BCUT2D eigenvalue weighted by Crippen LogP contribution is 2.21. The molecule has 6 nitrogen and oxygen atoms in total.